The van der Waals surface area contributed by atoms with Crippen molar-refractivity contribution in [2.75, 3.05) is 38.3 Å². The lowest BCUT2D eigenvalue weighted by Gasteiger charge is -2.26. The first-order valence-electron chi connectivity index (χ1n) is 6.08. The fourth-order valence-electron chi connectivity index (χ4n) is 1.86. The van der Waals surface area contributed by atoms with E-state index in [1.165, 1.54) is 0 Å². The van der Waals surface area contributed by atoms with Crippen LogP contribution in [0, 0.1) is 6.92 Å². The second-order valence-corrected chi connectivity index (χ2v) is 4.47. The maximum atomic E-state index is 5.43. The number of morpholine rings is 1. The summed E-state index contributed by atoms with van der Waals surface area (Å²) in [5.41, 5.74) is 0.949. The van der Waals surface area contributed by atoms with Crippen molar-refractivity contribution in [2.24, 2.45) is 0 Å². The first-order valence-corrected chi connectivity index (χ1v) is 6.08. The molecule has 1 N–H and O–H groups in total. The van der Waals surface area contributed by atoms with E-state index in [0.29, 0.717) is 6.04 Å². The van der Waals surface area contributed by atoms with Gasteiger partial charge < -0.3 is 15.0 Å². The van der Waals surface area contributed by atoms with Crippen molar-refractivity contribution < 1.29 is 4.74 Å². The minimum absolute atomic E-state index is 0.463. The highest BCUT2D eigenvalue weighted by Gasteiger charge is 2.13. The van der Waals surface area contributed by atoms with E-state index in [1.54, 1.807) is 0 Å². The van der Waals surface area contributed by atoms with Gasteiger partial charge in [0.25, 0.3) is 0 Å². The zero-order valence-electron chi connectivity index (χ0n) is 10.5. The highest BCUT2D eigenvalue weighted by Crippen LogP contribution is 2.09. The highest BCUT2D eigenvalue weighted by molar-refractivity contribution is 5.35. The maximum Gasteiger partial charge on any atom is 0.150 e. The van der Waals surface area contributed by atoms with Crippen molar-refractivity contribution in [3.8, 4) is 0 Å². The topological polar surface area (TPSA) is 50.3 Å². The number of ether oxygens (including phenoxy) is 1. The van der Waals surface area contributed by atoms with Crippen LogP contribution in [0.4, 0.5) is 5.82 Å². The van der Waals surface area contributed by atoms with Crippen LogP contribution in [-0.2, 0) is 4.74 Å². The summed E-state index contributed by atoms with van der Waals surface area (Å²) < 4.78 is 5.43. The molecule has 0 radical (unpaired) electrons. The molecule has 0 amide bonds. The van der Waals surface area contributed by atoms with Gasteiger partial charge >= 0.3 is 0 Å². The number of hydrogen-bond donors (Lipinski definition) is 1. The van der Waals surface area contributed by atoms with Crippen LogP contribution in [0.15, 0.2) is 12.1 Å². The normalized spacial score (nSPS) is 20.2. The molecule has 17 heavy (non-hydrogen) atoms. The number of anilines is 1. The molecule has 0 aromatic carbocycles. The third kappa shape index (κ3) is 3.64. The van der Waals surface area contributed by atoms with E-state index in [-0.39, 0.29) is 0 Å². The van der Waals surface area contributed by atoms with Gasteiger partial charge in [-0.15, -0.1) is 5.10 Å². The number of rotatable bonds is 4. The number of nitrogens with zero attached hydrogens (tertiary/aromatic N) is 3. The van der Waals surface area contributed by atoms with Crippen LogP contribution < -0.4 is 10.2 Å². The molecule has 1 atom stereocenters. The minimum Gasteiger partial charge on any atom is -0.379 e. The summed E-state index contributed by atoms with van der Waals surface area (Å²) in [6.07, 6.45) is 1.06. The Hall–Kier alpha value is -1.20. The molecule has 1 aliphatic rings. The molecule has 1 aromatic heterocycles. The Morgan fingerprint density at radius 2 is 2.35 bits per heavy atom. The summed E-state index contributed by atoms with van der Waals surface area (Å²) in [7, 11) is 2.04. The molecule has 94 valence electrons. The Balaban J connectivity index is 1.80. The molecule has 2 rings (SSSR count). The fraction of sp³-hybridized carbons (Fsp3) is 0.667. The Morgan fingerprint density at radius 1 is 1.47 bits per heavy atom. The first-order chi connectivity index (χ1) is 8.25. The van der Waals surface area contributed by atoms with E-state index in [1.807, 2.05) is 26.1 Å². The molecule has 1 saturated heterocycles. The largest absolute Gasteiger partial charge is 0.379 e. The standard InChI is InChI=1S/C12H20N4O/c1-10-3-4-12(15-14-10)16(2)7-5-11-9-17-8-6-13-11/h3-4,11,13H,5-9H2,1-2H3. The number of aromatic nitrogens is 2. The maximum absolute atomic E-state index is 5.43. The van der Waals surface area contributed by atoms with Gasteiger partial charge in [0.15, 0.2) is 5.82 Å². The van der Waals surface area contributed by atoms with Crippen LogP contribution in [0.25, 0.3) is 0 Å². The molecular weight excluding hydrogens is 216 g/mol. The van der Waals surface area contributed by atoms with Crippen LogP contribution in [-0.4, -0.2) is 49.6 Å². The van der Waals surface area contributed by atoms with Gasteiger partial charge in [-0.3, -0.25) is 0 Å². The second-order valence-electron chi connectivity index (χ2n) is 4.47. The molecule has 0 bridgehead atoms. The third-order valence-electron chi connectivity index (χ3n) is 2.99. The fourth-order valence-corrected chi connectivity index (χ4v) is 1.86. The van der Waals surface area contributed by atoms with E-state index < -0.39 is 0 Å². The van der Waals surface area contributed by atoms with Crippen LogP contribution in [0.3, 0.4) is 0 Å². The third-order valence-corrected chi connectivity index (χ3v) is 2.99. The van der Waals surface area contributed by atoms with E-state index in [9.17, 15) is 0 Å². The predicted molar refractivity (Wildman–Crippen MR) is 67.3 cm³/mol. The molecule has 0 aliphatic carbocycles. The Labute approximate surface area is 102 Å². The van der Waals surface area contributed by atoms with Crippen molar-refractivity contribution in [2.45, 2.75) is 19.4 Å². The molecule has 5 heteroatoms. The molecule has 1 aliphatic heterocycles. The summed E-state index contributed by atoms with van der Waals surface area (Å²) in [6, 6.07) is 4.46. The Morgan fingerprint density at radius 3 is 3.00 bits per heavy atom. The second kappa shape index (κ2) is 5.93. The van der Waals surface area contributed by atoms with Crippen molar-refractivity contribution in [3.63, 3.8) is 0 Å². The van der Waals surface area contributed by atoms with Crippen molar-refractivity contribution in [1.82, 2.24) is 15.5 Å². The van der Waals surface area contributed by atoms with Gasteiger partial charge in [0.05, 0.1) is 18.9 Å². The zero-order valence-corrected chi connectivity index (χ0v) is 10.5. The quantitative estimate of drug-likeness (QED) is 0.829. The summed E-state index contributed by atoms with van der Waals surface area (Å²) in [5.74, 6) is 0.923. The van der Waals surface area contributed by atoms with Crippen molar-refractivity contribution in [3.05, 3.63) is 17.8 Å². The van der Waals surface area contributed by atoms with Gasteiger partial charge in [-0.25, -0.2) is 0 Å². The monoisotopic (exact) mass is 236 g/mol. The smallest absolute Gasteiger partial charge is 0.150 e. The van der Waals surface area contributed by atoms with Gasteiger partial charge in [-0.05, 0) is 25.5 Å². The van der Waals surface area contributed by atoms with Crippen LogP contribution in [0.5, 0.6) is 0 Å². The highest BCUT2D eigenvalue weighted by atomic mass is 16.5. The van der Waals surface area contributed by atoms with Gasteiger partial charge in [-0.1, -0.05) is 0 Å². The molecule has 1 fully saturated rings. The van der Waals surface area contributed by atoms with Crippen molar-refractivity contribution >= 4 is 5.82 Å². The summed E-state index contributed by atoms with van der Waals surface area (Å²) in [6.45, 7) is 5.50. The molecule has 5 nitrogen and oxygen atoms in total. The van der Waals surface area contributed by atoms with Gasteiger partial charge in [0, 0.05) is 26.2 Å². The lowest BCUT2D eigenvalue weighted by Crippen LogP contribution is -2.43. The number of aryl methyl sites for hydroxylation is 1. The lowest BCUT2D eigenvalue weighted by molar-refractivity contribution is 0.0749. The first kappa shape index (κ1) is 12.3. The predicted octanol–water partition coefficient (Wildman–Crippen LogP) is 0.600. The molecule has 0 saturated carbocycles. The van der Waals surface area contributed by atoms with E-state index in [4.69, 9.17) is 4.74 Å². The minimum atomic E-state index is 0.463. The summed E-state index contributed by atoms with van der Waals surface area (Å²) >= 11 is 0. The number of hydrogen-bond acceptors (Lipinski definition) is 5. The Kier molecular flexibility index (Phi) is 4.28. The van der Waals surface area contributed by atoms with E-state index in [2.05, 4.69) is 20.4 Å². The molecular formula is C12H20N4O. The molecule has 0 spiro atoms. The molecule has 2 heterocycles. The Bertz CT molecular complexity index is 335. The van der Waals surface area contributed by atoms with Crippen LogP contribution >= 0.6 is 0 Å². The van der Waals surface area contributed by atoms with Crippen LogP contribution in [0.1, 0.15) is 12.1 Å². The van der Waals surface area contributed by atoms with Crippen LogP contribution in [0.2, 0.25) is 0 Å². The summed E-state index contributed by atoms with van der Waals surface area (Å²) in [4.78, 5) is 2.13. The SMILES string of the molecule is Cc1ccc(N(C)CCC2COCCN2)nn1. The van der Waals surface area contributed by atoms with Crippen molar-refractivity contribution in [1.29, 1.82) is 0 Å². The van der Waals surface area contributed by atoms with E-state index >= 15 is 0 Å². The molecule has 1 aromatic rings. The summed E-state index contributed by atoms with van der Waals surface area (Å²) in [5, 5.41) is 11.7. The van der Waals surface area contributed by atoms with Gasteiger partial charge in [0.2, 0.25) is 0 Å². The molecule has 1 unspecified atom stereocenters. The number of nitrogens with one attached hydrogen (secondary N) is 1. The average Bonchev–Trinajstić information content (AvgIpc) is 2.38. The van der Waals surface area contributed by atoms with E-state index in [0.717, 1.165) is 44.2 Å². The van der Waals surface area contributed by atoms with Gasteiger partial charge in [-0.2, -0.15) is 5.10 Å². The lowest BCUT2D eigenvalue weighted by atomic mass is 10.2. The van der Waals surface area contributed by atoms with Gasteiger partial charge in [0.1, 0.15) is 0 Å². The zero-order chi connectivity index (χ0) is 12.1. The average molecular weight is 236 g/mol.